The molecule has 0 amide bonds. The van der Waals surface area contributed by atoms with Crippen molar-refractivity contribution in [2.24, 2.45) is 0 Å². The second-order valence-corrected chi connectivity index (χ2v) is 3.06. The Morgan fingerprint density at radius 3 is 3.00 bits per heavy atom. The highest BCUT2D eigenvalue weighted by molar-refractivity contribution is 9.10. The maximum absolute atomic E-state index is 12.8. The summed E-state index contributed by atoms with van der Waals surface area (Å²) in [6.07, 6.45) is 1.28. The fourth-order valence-corrected chi connectivity index (χ4v) is 1.15. The Labute approximate surface area is 77.3 Å². The molecule has 0 unspecified atom stereocenters. The molecule has 0 atom stereocenters. The van der Waals surface area contributed by atoms with Crippen LogP contribution >= 0.6 is 15.9 Å². The van der Waals surface area contributed by atoms with Crippen LogP contribution in [-0.4, -0.2) is 0 Å². The predicted molar refractivity (Wildman–Crippen MR) is 43.8 cm³/mol. The largest absolute Gasteiger partial charge is 0.236 e. The van der Waals surface area contributed by atoms with Gasteiger partial charge in [-0.2, -0.15) is 9.65 Å². The minimum Gasteiger partial charge on any atom is -0.205 e. The minimum atomic E-state index is -0.445. The lowest BCUT2D eigenvalue weighted by molar-refractivity contribution is -0.648. The molecule has 0 saturated carbocycles. The van der Waals surface area contributed by atoms with Gasteiger partial charge in [0.15, 0.2) is 0 Å². The number of nitrogens with two attached hydrogens (primary N) is 1. The van der Waals surface area contributed by atoms with Crippen molar-refractivity contribution in [2.75, 3.05) is 5.84 Å². The molecule has 0 bridgehead atoms. The van der Waals surface area contributed by atoms with E-state index < -0.39 is 5.82 Å². The number of nitrogen functional groups attached to an aromatic ring is 1. The van der Waals surface area contributed by atoms with E-state index in [9.17, 15) is 4.39 Å². The van der Waals surface area contributed by atoms with Gasteiger partial charge in [-0.05, 0) is 15.9 Å². The molecule has 0 fully saturated rings. The first-order valence-corrected chi connectivity index (χ1v) is 3.96. The van der Waals surface area contributed by atoms with Crippen molar-refractivity contribution in [3.8, 4) is 6.07 Å². The van der Waals surface area contributed by atoms with Gasteiger partial charge in [0, 0.05) is 6.07 Å². The van der Waals surface area contributed by atoms with Crippen molar-refractivity contribution in [3.05, 3.63) is 28.2 Å². The number of nitrogens with zero attached hydrogens (tertiary/aromatic N) is 2. The van der Waals surface area contributed by atoms with Gasteiger partial charge >= 0.3 is 0 Å². The zero-order valence-electron chi connectivity index (χ0n) is 6.09. The van der Waals surface area contributed by atoms with Crippen LogP contribution < -0.4 is 10.5 Å². The standard InChI is InChI=1S/C7H6BrFN3/c8-6-3-5(1-2-10)12(11)4-7(6)9/h3-4H,1,11H2/q+1. The lowest BCUT2D eigenvalue weighted by Crippen LogP contribution is -2.48. The average Bonchev–Trinajstić information content (AvgIpc) is 2.01. The summed E-state index contributed by atoms with van der Waals surface area (Å²) in [5.41, 5.74) is 0.561. The maximum Gasteiger partial charge on any atom is 0.236 e. The van der Waals surface area contributed by atoms with Crippen molar-refractivity contribution in [3.63, 3.8) is 0 Å². The molecule has 1 aromatic rings. The van der Waals surface area contributed by atoms with Crippen LogP contribution in [0.25, 0.3) is 0 Å². The highest BCUT2D eigenvalue weighted by Crippen LogP contribution is 2.13. The number of hydrogen-bond acceptors (Lipinski definition) is 2. The molecule has 0 aromatic carbocycles. The fourth-order valence-electron chi connectivity index (χ4n) is 0.780. The molecule has 3 nitrogen and oxygen atoms in total. The molecule has 0 aliphatic rings. The molecule has 1 aromatic heterocycles. The molecule has 0 aliphatic carbocycles. The van der Waals surface area contributed by atoms with E-state index in [-0.39, 0.29) is 6.42 Å². The van der Waals surface area contributed by atoms with Crippen LogP contribution in [0.2, 0.25) is 0 Å². The molecule has 12 heavy (non-hydrogen) atoms. The van der Waals surface area contributed by atoms with Crippen LogP contribution in [0.3, 0.4) is 0 Å². The molecular weight excluding hydrogens is 225 g/mol. The summed E-state index contributed by atoms with van der Waals surface area (Å²) >= 11 is 3.00. The van der Waals surface area contributed by atoms with Crippen LogP contribution in [0.15, 0.2) is 16.7 Å². The van der Waals surface area contributed by atoms with E-state index in [4.69, 9.17) is 11.1 Å². The van der Waals surface area contributed by atoms with Crippen LogP contribution in [0.1, 0.15) is 5.69 Å². The van der Waals surface area contributed by atoms with Gasteiger partial charge in [0.25, 0.3) is 0 Å². The summed E-state index contributed by atoms with van der Waals surface area (Å²) in [5, 5.41) is 8.38. The van der Waals surface area contributed by atoms with Crippen molar-refractivity contribution in [1.29, 1.82) is 5.26 Å². The van der Waals surface area contributed by atoms with Crippen molar-refractivity contribution >= 4 is 15.9 Å². The second kappa shape index (κ2) is 3.50. The van der Waals surface area contributed by atoms with Crippen LogP contribution in [0, 0.1) is 17.1 Å². The van der Waals surface area contributed by atoms with Gasteiger partial charge in [0.1, 0.15) is 6.42 Å². The number of halogens is 2. The van der Waals surface area contributed by atoms with Gasteiger partial charge in [-0.3, -0.25) is 0 Å². The molecule has 5 heteroatoms. The Bertz CT molecular complexity index is 345. The number of rotatable bonds is 1. The van der Waals surface area contributed by atoms with E-state index in [2.05, 4.69) is 15.9 Å². The fraction of sp³-hybridized carbons (Fsp3) is 0.143. The summed E-state index contributed by atoms with van der Waals surface area (Å²) in [6, 6.07) is 3.41. The van der Waals surface area contributed by atoms with E-state index in [1.807, 2.05) is 6.07 Å². The third-order valence-corrected chi connectivity index (χ3v) is 1.97. The zero-order chi connectivity index (χ0) is 9.14. The number of aromatic nitrogens is 1. The van der Waals surface area contributed by atoms with Gasteiger partial charge in [-0.1, -0.05) is 4.68 Å². The molecule has 0 aliphatic heterocycles. The quantitative estimate of drug-likeness (QED) is 0.570. The Morgan fingerprint density at radius 1 is 1.75 bits per heavy atom. The first kappa shape index (κ1) is 8.94. The van der Waals surface area contributed by atoms with Crippen molar-refractivity contribution in [1.82, 2.24) is 0 Å². The van der Waals surface area contributed by atoms with E-state index in [0.29, 0.717) is 10.2 Å². The molecular formula is C7H6BrFN3+. The van der Waals surface area contributed by atoms with Crippen molar-refractivity contribution < 1.29 is 9.07 Å². The summed E-state index contributed by atoms with van der Waals surface area (Å²) in [4.78, 5) is 0. The molecule has 2 N–H and O–H groups in total. The Hall–Kier alpha value is -1.15. The SMILES string of the molecule is N#CCc1cc(Br)c(F)c[n+]1N. The van der Waals surface area contributed by atoms with Gasteiger partial charge in [-0.25, -0.2) is 5.84 Å². The summed E-state index contributed by atoms with van der Waals surface area (Å²) < 4.78 is 14.2. The molecule has 0 spiro atoms. The molecule has 0 radical (unpaired) electrons. The Kier molecular flexibility index (Phi) is 2.61. The van der Waals surface area contributed by atoms with E-state index in [0.717, 1.165) is 10.9 Å². The van der Waals surface area contributed by atoms with E-state index in [1.165, 1.54) is 6.07 Å². The molecule has 1 rings (SSSR count). The molecule has 0 saturated heterocycles. The minimum absolute atomic E-state index is 0.162. The first-order valence-electron chi connectivity index (χ1n) is 3.16. The van der Waals surface area contributed by atoms with Gasteiger partial charge in [0.05, 0.1) is 10.5 Å². The summed E-state index contributed by atoms with van der Waals surface area (Å²) in [6.45, 7) is 0. The highest BCUT2D eigenvalue weighted by atomic mass is 79.9. The van der Waals surface area contributed by atoms with Gasteiger partial charge in [0.2, 0.25) is 17.7 Å². The predicted octanol–water partition coefficient (Wildman–Crippen LogP) is 0.656. The second-order valence-electron chi connectivity index (χ2n) is 2.20. The molecule has 1 heterocycles. The third kappa shape index (κ3) is 1.71. The van der Waals surface area contributed by atoms with E-state index in [1.54, 1.807) is 0 Å². The summed E-state index contributed by atoms with van der Waals surface area (Å²) in [5.74, 6) is 4.94. The maximum atomic E-state index is 12.8. The third-order valence-electron chi connectivity index (χ3n) is 1.37. The average molecular weight is 231 g/mol. The number of hydrogen-bond donors (Lipinski definition) is 1. The zero-order valence-corrected chi connectivity index (χ0v) is 7.68. The topological polar surface area (TPSA) is 53.7 Å². The van der Waals surface area contributed by atoms with E-state index >= 15 is 0 Å². The van der Waals surface area contributed by atoms with Crippen LogP contribution in [-0.2, 0) is 6.42 Å². The van der Waals surface area contributed by atoms with Gasteiger partial charge < -0.3 is 0 Å². The lowest BCUT2D eigenvalue weighted by Gasteiger charge is -1.95. The lowest BCUT2D eigenvalue weighted by atomic mass is 10.3. The monoisotopic (exact) mass is 230 g/mol. The van der Waals surface area contributed by atoms with Crippen molar-refractivity contribution in [2.45, 2.75) is 6.42 Å². The van der Waals surface area contributed by atoms with Crippen LogP contribution in [0.4, 0.5) is 4.39 Å². The number of pyridine rings is 1. The number of nitriles is 1. The first-order chi connectivity index (χ1) is 5.65. The Morgan fingerprint density at radius 2 is 2.42 bits per heavy atom. The van der Waals surface area contributed by atoms with Crippen LogP contribution in [0.5, 0.6) is 0 Å². The normalized spacial score (nSPS) is 9.42. The highest BCUT2D eigenvalue weighted by Gasteiger charge is 2.12. The Balaban J connectivity index is 3.16. The summed E-state index contributed by atoms with van der Waals surface area (Å²) in [7, 11) is 0. The molecule has 62 valence electrons. The van der Waals surface area contributed by atoms with Gasteiger partial charge in [-0.15, -0.1) is 0 Å². The smallest absolute Gasteiger partial charge is 0.205 e.